The van der Waals surface area contributed by atoms with Crippen LogP contribution in [0, 0.1) is 6.92 Å². The van der Waals surface area contributed by atoms with Crippen molar-refractivity contribution in [2.45, 2.75) is 33.1 Å². The van der Waals surface area contributed by atoms with Gasteiger partial charge < -0.3 is 10.7 Å². The van der Waals surface area contributed by atoms with Gasteiger partial charge in [-0.15, -0.1) is 0 Å². The van der Waals surface area contributed by atoms with E-state index in [1.807, 2.05) is 14.0 Å². The van der Waals surface area contributed by atoms with Crippen molar-refractivity contribution < 1.29 is 0 Å². The average molecular weight is 209 g/mol. The van der Waals surface area contributed by atoms with Gasteiger partial charge in [-0.05, 0) is 6.92 Å². The number of nitrogens with one attached hydrogen (secondary N) is 2. The van der Waals surface area contributed by atoms with Gasteiger partial charge in [0.25, 0.3) is 0 Å². The minimum atomic E-state index is -0.0924. The van der Waals surface area contributed by atoms with Gasteiger partial charge in [0.05, 0.1) is 0 Å². The van der Waals surface area contributed by atoms with E-state index in [0.717, 1.165) is 17.2 Å². The lowest BCUT2D eigenvalue weighted by atomic mass is 9.95. The third-order valence-corrected chi connectivity index (χ3v) is 2.19. The van der Waals surface area contributed by atoms with Crippen LogP contribution in [0.5, 0.6) is 0 Å². The molecule has 0 saturated heterocycles. The molecular weight excluding hydrogens is 190 g/mol. The summed E-state index contributed by atoms with van der Waals surface area (Å²) in [5.74, 6) is 7.66. The Bertz CT molecular complexity index is 328. The molecule has 0 saturated carbocycles. The quantitative estimate of drug-likeness (QED) is 0.507. The summed E-state index contributed by atoms with van der Waals surface area (Å²) in [6, 6.07) is 0. The second-order valence-corrected chi connectivity index (χ2v) is 4.51. The van der Waals surface area contributed by atoms with Crippen LogP contribution >= 0.6 is 0 Å². The third-order valence-electron chi connectivity index (χ3n) is 2.19. The molecule has 0 amide bonds. The highest BCUT2D eigenvalue weighted by molar-refractivity contribution is 5.56. The summed E-state index contributed by atoms with van der Waals surface area (Å²) in [5, 5.41) is 3.04. The van der Waals surface area contributed by atoms with Crippen LogP contribution in [0.3, 0.4) is 0 Å². The van der Waals surface area contributed by atoms with E-state index in [1.165, 1.54) is 0 Å². The molecule has 0 fully saturated rings. The second-order valence-electron chi connectivity index (χ2n) is 4.51. The van der Waals surface area contributed by atoms with E-state index in [4.69, 9.17) is 5.84 Å². The molecule has 0 aliphatic rings. The van der Waals surface area contributed by atoms with E-state index in [-0.39, 0.29) is 5.41 Å². The molecule has 0 aliphatic carbocycles. The molecular formula is C10H19N5. The van der Waals surface area contributed by atoms with Crippen LogP contribution in [0.25, 0.3) is 0 Å². The number of aromatic nitrogens is 2. The Morgan fingerprint density at radius 1 is 1.13 bits per heavy atom. The van der Waals surface area contributed by atoms with E-state index in [1.54, 1.807) is 0 Å². The van der Waals surface area contributed by atoms with Crippen molar-refractivity contribution >= 4 is 11.6 Å². The summed E-state index contributed by atoms with van der Waals surface area (Å²) in [6.07, 6.45) is 0. The summed E-state index contributed by atoms with van der Waals surface area (Å²) in [6.45, 7) is 8.12. The van der Waals surface area contributed by atoms with Crippen LogP contribution in [-0.2, 0) is 5.41 Å². The lowest BCUT2D eigenvalue weighted by Gasteiger charge is -2.19. The van der Waals surface area contributed by atoms with E-state index in [9.17, 15) is 0 Å². The van der Waals surface area contributed by atoms with Gasteiger partial charge in [0, 0.05) is 18.0 Å². The van der Waals surface area contributed by atoms with Gasteiger partial charge in [0.1, 0.15) is 17.5 Å². The first-order valence-electron chi connectivity index (χ1n) is 4.93. The number of nitrogens with two attached hydrogens (primary N) is 1. The van der Waals surface area contributed by atoms with Crippen molar-refractivity contribution in [1.82, 2.24) is 9.97 Å². The number of hydrogen-bond donors (Lipinski definition) is 3. The highest BCUT2D eigenvalue weighted by atomic mass is 15.3. The average Bonchev–Trinajstić information content (AvgIpc) is 2.16. The van der Waals surface area contributed by atoms with Crippen molar-refractivity contribution in [3.05, 3.63) is 11.4 Å². The molecule has 1 rings (SSSR count). The maximum absolute atomic E-state index is 5.42. The Balaban J connectivity index is 3.33. The second kappa shape index (κ2) is 4.02. The van der Waals surface area contributed by atoms with E-state index in [0.29, 0.717) is 5.82 Å². The van der Waals surface area contributed by atoms with Crippen LogP contribution in [0.4, 0.5) is 11.6 Å². The van der Waals surface area contributed by atoms with Crippen molar-refractivity contribution in [1.29, 1.82) is 0 Å². The number of hydrogen-bond acceptors (Lipinski definition) is 5. The number of nitrogen functional groups attached to an aromatic ring is 1. The molecule has 15 heavy (non-hydrogen) atoms. The van der Waals surface area contributed by atoms with Gasteiger partial charge >= 0.3 is 0 Å². The first kappa shape index (κ1) is 11.7. The minimum absolute atomic E-state index is 0.0924. The number of rotatable bonds is 2. The van der Waals surface area contributed by atoms with Gasteiger partial charge in [0.2, 0.25) is 0 Å². The molecule has 0 spiro atoms. The van der Waals surface area contributed by atoms with Gasteiger partial charge in [-0.3, -0.25) is 0 Å². The molecule has 5 heteroatoms. The minimum Gasteiger partial charge on any atom is -0.373 e. The van der Waals surface area contributed by atoms with Gasteiger partial charge in [-0.1, -0.05) is 20.8 Å². The molecule has 1 aromatic rings. The third kappa shape index (κ3) is 2.36. The fraction of sp³-hybridized carbons (Fsp3) is 0.600. The first-order chi connectivity index (χ1) is 6.90. The maximum atomic E-state index is 5.42. The van der Waals surface area contributed by atoms with Crippen molar-refractivity contribution in [2.75, 3.05) is 17.8 Å². The van der Waals surface area contributed by atoms with Crippen LogP contribution in [0.1, 0.15) is 32.2 Å². The smallest absolute Gasteiger partial charge is 0.148 e. The van der Waals surface area contributed by atoms with E-state index < -0.39 is 0 Å². The molecule has 84 valence electrons. The van der Waals surface area contributed by atoms with E-state index in [2.05, 4.69) is 41.5 Å². The highest BCUT2D eigenvalue weighted by Gasteiger charge is 2.20. The summed E-state index contributed by atoms with van der Waals surface area (Å²) < 4.78 is 0. The summed E-state index contributed by atoms with van der Waals surface area (Å²) in [5.41, 5.74) is 3.42. The predicted octanol–water partition coefficient (Wildman–Crippen LogP) is 1.41. The van der Waals surface area contributed by atoms with Crippen molar-refractivity contribution in [2.24, 2.45) is 5.84 Å². The Kier molecular flexibility index (Phi) is 3.14. The lowest BCUT2D eigenvalue weighted by Crippen LogP contribution is -2.20. The molecule has 0 bridgehead atoms. The standard InChI is InChI=1S/C10H19N5/c1-6-7(12-5)13-9(10(2,3)4)14-8(6)15-11/h11H2,1-5H3,(H2,12,13,14,15). The van der Waals surface area contributed by atoms with Crippen LogP contribution < -0.4 is 16.6 Å². The molecule has 0 atom stereocenters. The molecule has 0 unspecified atom stereocenters. The predicted molar refractivity (Wildman–Crippen MR) is 62.8 cm³/mol. The van der Waals surface area contributed by atoms with Crippen LogP contribution in [0.2, 0.25) is 0 Å². The fourth-order valence-corrected chi connectivity index (χ4v) is 1.24. The van der Waals surface area contributed by atoms with Crippen LogP contribution in [0.15, 0.2) is 0 Å². The Hall–Kier alpha value is -1.36. The zero-order chi connectivity index (χ0) is 11.6. The molecule has 4 N–H and O–H groups in total. The number of anilines is 2. The van der Waals surface area contributed by atoms with Gasteiger partial charge in [0.15, 0.2) is 0 Å². The SMILES string of the molecule is CNc1nc(C(C)(C)C)nc(NN)c1C. The Labute approximate surface area is 90.5 Å². The molecule has 0 aromatic carbocycles. The summed E-state index contributed by atoms with van der Waals surface area (Å²) in [4.78, 5) is 8.84. The van der Waals surface area contributed by atoms with Gasteiger partial charge in [-0.2, -0.15) is 0 Å². The molecule has 0 radical (unpaired) electrons. The maximum Gasteiger partial charge on any atom is 0.148 e. The molecule has 0 aliphatic heterocycles. The zero-order valence-electron chi connectivity index (χ0n) is 9.97. The van der Waals surface area contributed by atoms with Crippen molar-refractivity contribution in [3.63, 3.8) is 0 Å². The topological polar surface area (TPSA) is 75.9 Å². The first-order valence-corrected chi connectivity index (χ1v) is 4.93. The summed E-state index contributed by atoms with van der Waals surface area (Å²) >= 11 is 0. The molecule has 5 nitrogen and oxygen atoms in total. The largest absolute Gasteiger partial charge is 0.373 e. The lowest BCUT2D eigenvalue weighted by molar-refractivity contribution is 0.546. The van der Waals surface area contributed by atoms with E-state index >= 15 is 0 Å². The number of nitrogens with zero attached hydrogens (tertiary/aromatic N) is 2. The Morgan fingerprint density at radius 3 is 2.07 bits per heavy atom. The van der Waals surface area contributed by atoms with Crippen molar-refractivity contribution in [3.8, 4) is 0 Å². The Morgan fingerprint density at radius 2 is 1.67 bits per heavy atom. The monoisotopic (exact) mass is 209 g/mol. The summed E-state index contributed by atoms with van der Waals surface area (Å²) in [7, 11) is 1.84. The molecule has 1 aromatic heterocycles. The highest BCUT2D eigenvalue weighted by Crippen LogP contribution is 2.25. The molecule has 1 heterocycles. The zero-order valence-corrected chi connectivity index (χ0v) is 9.97. The normalized spacial score (nSPS) is 11.3. The van der Waals surface area contributed by atoms with Crippen LogP contribution in [-0.4, -0.2) is 17.0 Å². The fourth-order valence-electron chi connectivity index (χ4n) is 1.24. The number of hydrazine groups is 1. The van der Waals surface area contributed by atoms with Gasteiger partial charge in [-0.25, -0.2) is 15.8 Å².